The lowest BCUT2D eigenvalue weighted by atomic mass is 9.78. The predicted molar refractivity (Wildman–Crippen MR) is 128 cm³/mol. The number of aryl methyl sites for hydroxylation is 2. The van der Waals surface area contributed by atoms with Crippen molar-refractivity contribution >= 4 is 11.6 Å². The van der Waals surface area contributed by atoms with Crippen molar-refractivity contribution in [3.05, 3.63) is 47.2 Å². The normalized spacial score (nSPS) is 21.4. The first-order valence-corrected chi connectivity index (χ1v) is 12.3. The predicted octanol–water partition coefficient (Wildman–Crippen LogP) is 3.76. The largest absolute Gasteiger partial charge is 0.445 e. The monoisotopic (exact) mass is 438 g/mol. The van der Waals surface area contributed by atoms with Crippen molar-refractivity contribution in [1.82, 2.24) is 15.2 Å². The van der Waals surface area contributed by atoms with Crippen molar-refractivity contribution in [2.45, 2.75) is 65.3 Å². The van der Waals surface area contributed by atoms with Crippen molar-refractivity contribution in [1.29, 1.82) is 0 Å². The number of benzene rings is 1. The molecule has 1 saturated heterocycles. The molecular weight excluding hydrogens is 400 g/mol. The average molecular weight is 439 g/mol. The molecule has 32 heavy (non-hydrogen) atoms. The summed E-state index contributed by atoms with van der Waals surface area (Å²) in [6.45, 7) is 12.1. The van der Waals surface area contributed by atoms with Crippen LogP contribution in [0.1, 0.15) is 55.9 Å². The van der Waals surface area contributed by atoms with Gasteiger partial charge in [-0.2, -0.15) is 0 Å². The van der Waals surface area contributed by atoms with E-state index in [0.29, 0.717) is 11.9 Å². The van der Waals surface area contributed by atoms with Gasteiger partial charge in [-0.05, 0) is 68.7 Å². The molecule has 6 heteroatoms. The Bertz CT molecular complexity index is 895. The highest BCUT2D eigenvalue weighted by atomic mass is 16.4. The van der Waals surface area contributed by atoms with Crippen molar-refractivity contribution in [2.24, 2.45) is 5.92 Å². The average Bonchev–Trinajstić information content (AvgIpc) is 3.19. The number of carbonyl (C=O) groups is 1. The molecule has 2 aliphatic rings. The topological polar surface area (TPSA) is 61.6 Å². The van der Waals surface area contributed by atoms with Crippen LogP contribution in [-0.4, -0.2) is 54.6 Å². The summed E-state index contributed by atoms with van der Waals surface area (Å²) in [4.78, 5) is 21.5. The minimum absolute atomic E-state index is 0.0185. The molecule has 174 valence electrons. The second-order valence-electron chi connectivity index (χ2n) is 9.38. The molecule has 0 unspecified atom stereocenters. The maximum Gasteiger partial charge on any atom is 0.229 e. The fraction of sp³-hybridized carbons (Fsp3) is 0.615. The minimum Gasteiger partial charge on any atom is -0.445 e. The van der Waals surface area contributed by atoms with E-state index in [2.05, 4.69) is 52.1 Å². The fourth-order valence-corrected chi connectivity index (χ4v) is 5.22. The Labute approximate surface area is 192 Å². The third-order valence-corrected chi connectivity index (χ3v) is 7.13. The summed E-state index contributed by atoms with van der Waals surface area (Å²) in [6, 6.07) is 7.12. The number of rotatable bonds is 9. The third kappa shape index (κ3) is 5.52. The molecule has 0 bridgehead atoms. The van der Waals surface area contributed by atoms with Crippen molar-refractivity contribution in [3.8, 4) is 0 Å². The number of piperazine rings is 1. The van der Waals surface area contributed by atoms with E-state index in [1.807, 2.05) is 6.92 Å². The van der Waals surface area contributed by atoms with Gasteiger partial charge >= 0.3 is 0 Å². The second kappa shape index (κ2) is 10.5. The molecule has 2 heterocycles. The van der Waals surface area contributed by atoms with Gasteiger partial charge in [0.1, 0.15) is 12.2 Å². The number of hydrogen-bond acceptors (Lipinski definition) is 5. The molecule has 0 radical (unpaired) electrons. The molecule has 6 nitrogen and oxygen atoms in total. The molecule has 1 saturated carbocycles. The van der Waals surface area contributed by atoms with Crippen LogP contribution in [0.2, 0.25) is 0 Å². The number of carbonyl (C=O) groups excluding carboxylic acids is 1. The van der Waals surface area contributed by atoms with Gasteiger partial charge < -0.3 is 14.6 Å². The molecule has 1 aliphatic heterocycles. The first kappa shape index (κ1) is 22.8. The van der Waals surface area contributed by atoms with E-state index in [9.17, 15) is 4.79 Å². The zero-order chi connectivity index (χ0) is 22.5. The maximum absolute atomic E-state index is 12.1. The third-order valence-electron chi connectivity index (χ3n) is 7.13. The van der Waals surface area contributed by atoms with Crippen LogP contribution in [0.5, 0.6) is 0 Å². The van der Waals surface area contributed by atoms with Crippen LogP contribution >= 0.6 is 0 Å². The minimum atomic E-state index is 0.0185. The lowest BCUT2D eigenvalue weighted by Crippen LogP contribution is -2.49. The van der Waals surface area contributed by atoms with Crippen LogP contribution in [0, 0.1) is 12.8 Å². The molecule has 0 atom stereocenters. The molecule has 1 amide bonds. The van der Waals surface area contributed by atoms with Gasteiger partial charge in [-0.15, -0.1) is 0 Å². The van der Waals surface area contributed by atoms with Crippen LogP contribution in [0.25, 0.3) is 0 Å². The molecule has 2 fully saturated rings. The summed E-state index contributed by atoms with van der Waals surface area (Å²) >= 11 is 0. The standard InChI is InChI=1S/C26H38N4O2/c1-4-21-7-6-8-24(23(21)5-2)30-13-11-29(12-14-30)10-9-20-15-22(16-20)28-25(31)17-26-27-18-19(3)32-26/h6-8,18,20,22H,4-5,9-17H2,1-3H3,(H,28,31). The molecule has 1 aliphatic carbocycles. The van der Waals surface area contributed by atoms with Crippen LogP contribution in [0.15, 0.2) is 28.8 Å². The number of nitrogens with one attached hydrogen (secondary N) is 1. The van der Waals surface area contributed by atoms with E-state index in [-0.39, 0.29) is 12.3 Å². The molecular formula is C26H38N4O2. The second-order valence-corrected chi connectivity index (χ2v) is 9.38. The number of anilines is 1. The summed E-state index contributed by atoms with van der Waals surface area (Å²) in [5, 5.41) is 3.13. The zero-order valence-corrected chi connectivity index (χ0v) is 19.9. The first-order chi connectivity index (χ1) is 15.6. The molecule has 0 spiro atoms. The zero-order valence-electron chi connectivity index (χ0n) is 19.9. The van der Waals surface area contributed by atoms with E-state index in [0.717, 1.165) is 63.5 Å². The van der Waals surface area contributed by atoms with Gasteiger partial charge in [-0.3, -0.25) is 9.69 Å². The van der Waals surface area contributed by atoms with E-state index in [1.54, 1.807) is 6.20 Å². The number of aromatic nitrogens is 1. The number of hydrogen-bond donors (Lipinski definition) is 1. The van der Waals surface area contributed by atoms with Crippen LogP contribution in [0.4, 0.5) is 5.69 Å². The highest BCUT2D eigenvalue weighted by Gasteiger charge is 2.31. The quantitative estimate of drug-likeness (QED) is 0.646. The Balaban J connectivity index is 1.14. The van der Waals surface area contributed by atoms with Crippen molar-refractivity contribution < 1.29 is 9.21 Å². The number of nitrogens with zero attached hydrogens (tertiary/aromatic N) is 3. The Morgan fingerprint density at radius 3 is 2.59 bits per heavy atom. The Morgan fingerprint density at radius 2 is 1.94 bits per heavy atom. The lowest BCUT2D eigenvalue weighted by Gasteiger charge is -2.40. The Hall–Kier alpha value is -2.34. The smallest absolute Gasteiger partial charge is 0.229 e. The van der Waals surface area contributed by atoms with Gasteiger partial charge in [0.15, 0.2) is 0 Å². The molecule has 2 aromatic rings. The summed E-state index contributed by atoms with van der Waals surface area (Å²) in [7, 11) is 0. The van der Waals surface area contributed by atoms with Crippen LogP contribution < -0.4 is 10.2 Å². The highest BCUT2D eigenvalue weighted by Crippen LogP contribution is 2.31. The van der Waals surface area contributed by atoms with Crippen LogP contribution in [-0.2, 0) is 24.1 Å². The molecule has 1 aromatic heterocycles. The molecule has 4 rings (SSSR count). The first-order valence-electron chi connectivity index (χ1n) is 12.3. The summed E-state index contributed by atoms with van der Waals surface area (Å²) in [5.74, 6) is 2.00. The summed E-state index contributed by atoms with van der Waals surface area (Å²) in [6.07, 6.45) is 7.54. The molecule has 1 N–H and O–H groups in total. The van der Waals surface area contributed by atoms with Gasteiger partial charge in [0, 0.05) is 37.9 Å². The summed E-state index contributed by atoms with van der Waals surface area (Å²) < 4.78 is 5.39. The SMILES string of the molecule is CCc1cccc(N2CCN(CCC3CC(NC(=O)Cc4ncc(C)o4)C3)CC2)c1CC. The summed E-state index contributed by atoms with van der Waals surface area (Å²) in [5.41, 5.74) is 4.47. The van der Waals surface area contributed by atoms with Crippen molar-refractivity contribution in [3.63, 3.8) is 0 Å². The van der Waals surface area contributed by atoms with E-state index >= 15 is 0 Å². The van der Waals surface area contributed by atoms with Gasteiger partial charge in [-0.25, -0.2) is 4.98 Å². The van der Waals surface area contributed by atoms with E-state index < -0.39 is 0 Å². The Morgan fingerprint density at radius 1 is 1.16 bits per heavy atom. The fourth-order valence-electron chi connectivity index (χ4n) is 5.22. The number of oxazole rings is 1. The molecule has 1 aromatic carbocycles. The van der Waals surface area contributed by atoms with Crippen molar-refractivity contribution in [2.75, 3.05) is 37.6 Å². The lowest BCUT2D eigenvalue weighted by molar-refractivity contribution is -0.122. The van der Waals surface area contributed by atoms with E-state index in [1.165, 1.54) is 29.8 Å². The van der Waals surface area contributed by atoms with Gasteiger partial charge in [-0.1, -0.05) is 26.0 Å². The Kier molecular flexibility index (Phi) is 7.51. The maximum atomic E-state index is 12.1. The van der Waals surface area contributed by atoms with Gasteiger partial charge in [0.05, 0.1) is 6.20 Å². The van der Waals surface area contributed by atoms with Gasteiger partial charge in [0.25, 0.3) is 0 Å². The highest BCUT2D eigenvalue weighted by molar-refractivity contribution is 5.78. The van der Waals surface area contributed by atoms with Crippen LogP contribution in [0.3, 0.4) is 0 Å². The van der Waals surface area contributed by atoms with E-state index in [4.69, 9.17) is 4.42 Å². The number of amides is 1. The van der Waals surface area contributed by atoms with Gasteiger partial charge in [0.2, 0.25) is 11.8 Å².